The van der Waals surface area contributed by atoms with E-state index in [1.165, 1.54) is 0 Å². The lowest BCUT2D eigenvalue weighted by Crippen LogP contribution is -2.53. The summed E-state index contributed by atoms with van der Waals surface area (Å²) in [7, 11) is 1.56. The Hall–Kier alpha value is -1.96. The highest BCUT2D eigenvalue weighted by Crippen LogP contribution is 2.29. The van der Waals surface area contributed by atoms with Gasteiger partial charge < -0.3 is 18.9 Å². The molecule has 8 heteroatoms. The van der Waals surface area contributed by atoms with Crippen LogP contribution in [0.3, 0.4) is 0 Å². The van der Waals surface area contributed by atoms with Gasteiger partial charge in [-0.15, -0.1) is 0 Å². The monoisotopic (exact) mass is 351 g/mol. The normalized spacial score (nSPS) is 16.0. The predicted molar refractivity (Wildman–Crippen MR) is 85.4 cm³/mol. The summed E-state index contributed by atoms with van der Waals surface area (Å²) in [5.74, 6) is 0.807. The fourth-order valence-corrected chi connectivity index (χ4v) is 2.72. The number of nitrogens with zero attached hydrogens (tertiary/aromatic N) is 3. The molecule has 1 aliphatic heterocycles. The van der Waals surface area contributed by atoms with E-state index in [0.717, 1.165) is 5.56 Å². The summed E-state index contributed by atoms with van der Waals surface area (Å²) in [4.78, 5) is 17.2. The van der Waals surface area contributed by atoms with Crippen molar-refractivity contribution in [1.29, 1.82) is 0 Å². The molecule has 128 valence electrons. The molecule has 7 nitrogen and oxygen atoms in total. The molecule has 24 heavy (non-hydrogen) atoms. The number of hydrogen-bond acceptors (Lipinski definition) is 6. The van der Waals surface area contributed by atoms with Crippen LogP contribution in [0.1, 0.15) is 30.3 Å². The van der Waals surface area contributed by atoms with Gasteiger partial charge in [0.25, 0.3) is 5.89 Å². The van der Waals surface area contributed by atoms with Crippen LogP contribution in [-0.2, 0) is 20.9 Å². The van der Waals surface area contributed by atoms with Crippen molar-refractivity contribution in [1.82, 2.24) is 15.0 Å². The Labute approximate surface area is 144 Å². The topological polar surface area (TPSA) is 77.7 Å². The molecule has 3 rings (SSSR count). The van der Waals surface area contributed by atoms with Crippen molar-refractivity contribution in [2.24, 2.45) is 0 Å². The number of rotatable bonds is 6. The smallest absolute Gasteiger partial charge is 0.252 e. The second-order valence-electron chi connectivity index (χ2n) is 5.54. The second-order valence-corrected chi connectivity index (χ2v) is 5.95. The third-order valence-corrected chi connectivity index (χ3v) is 4.22. The molecule has 1 fully saturated rings. The molecular formula is C16H18ClN3O4. The van der Waals surface area contributed by atoms with Gasteiger partial charge in [-0.2, -0.15) is 4.98 Å². The average molecular weight is 352 g/mol. The van der Waals surface area contributed by atoms with Crippen molar-refractivity contribution in [3.8, 4) is 0 Å². The molecule has 0 aliphatic carbocycles. The van der Waals surface area contributed by atoms with E-state index in [1.807, 2.05) is 18.2 Å². The fraction of sp³-hybridized carbons (Fsp3) is 0.438. The molecule has 1 aromatic carbocycles. The summed E-state index contributed by atoms with van der Waals surface area (Å²) in [5.41, 5.74) is 0.769. The Morgan fingerprint density at radius 1 is 1.46 bits per heavy atom. The second kappa shape index (κ2) is 7.29. The summed E-state index contributed by atoms with van der Waals surface area (Å²) in [6.45, 7) is 2.93. The standard InChI is InChI=1S/C16H18ClN3O4/c1-10(21)20-7-11(8-20)23-9-14-18-16(19-24-14)15(22-2)12-5-3-4-6-13(12)17/h3-6,11,15H,7-9H2,1-2H3. The van der Waals surface area contributed by atoms with Crippen molar-refractivity contribution in [3.05, 3.63) is 46.6 Å². The molecular weight excluding hydrogens is 334 g/mol. The Kier molecular flexibility index (Phi) is 5.13. The molecule has 0 saturated carbocycles. The maximum absolute atomic E-state index is 11.1. The van der Waals surface area contributed by atoms with Gasteiger partial charge in [0, 0.05) is 37.7 Å². The van der Waals surface area contributed by atoms with Gasteiger partial charge in [0.1, 0.15) is 12.7 Å². The Bertz CT molecular complexity index is 715. The third-order valence-electron chi connectivity index (χ3n) is 3.88. The van der Waals surface area contributed by atoms with E-state index in [1.54, 1.807) is 25.0 Å². The third kappa shape index (κ3) is 3.58. The van der Waals surface area contributed by atoms with E-state index >= 15 is 0 Å². The molecule has 2 heterocycles. The van der Waals surface area contributed by atoms with Crippen LogP contribution in [0, 0.1) is 0 Å². The van der Waals surface area contributed by atoms with Crippen molar-refractivity contribution in [3.63, 3.8) is 0 Å². The van der Waals surface area contributed by atoms with Crippen LogP contribution in [0.5, 0.6) is 0 Å². The lowest BCUT2D eigenvalue weighted by molar-refractivity contribution is -0.144. The minimum atomic E-state index is -0.506. The van der Waals surface area contributed by atoms with Gasteiger partial charge in [0.15, 0.2) is 0 Å². The van der Waals surface area contributed by atoms with Gasteiger partial charge in [-0.25, -0.2) is 0 Å². The molecule has 0 bridgehead atoms. The fourth-order valence-electron chi connectivity index (χ4n) is 2.48. The first-order valence-corrected chi connectivity index (χ1v) is 7.93. The predicted octanol–water partition coefficient (Wildman–Crippen LogP) is 2.21. The summed E-state index contributed by atoms with van der Waals surface area (Å²) in [6, 6.07) is 7.35. The molecule has 1 aromatic heterocycles. The van der Waals surface area contributed by atoms with E-state index in [0.29, 0.717) is 29.8 Å². The number of carbonyl (C=O) groups excluding carboxylic acids is 1. The van der Waals surface area contributed by atoms with Crippen molar-refractivity contribution in [2.75, 3.05) is 20.2 Å². The molecule has 0 N–H and O–H groups in total. The number of aromatic nitrogens is 2. The van der Waals surface area contributed by atoms with Gasteiger partial charge in [0.05, 0.1) is 6.10 Å². The summed E-state index contributed by atoms with van der Waals surface area (Å²) in [6.07, 6.45) is -0.501. The first kappa shape index (κ1) is 16.9. The zero-order chi connectivity index (χ0) is 17.1. The Morgan fingerprint density at radius 3 is 2.88 bits per heavy atom. The zero-order valence-electron chi connectivity index (χ0n) is 13.4. The minimum Gasteiger partial charge on any atom is -0.368 e. The number of likely N-dealkylation sites (tertiary alicyclic amines) is 1. The molecule has 2 aromatic rings. The highest BCUT2D eigenvalue weighted by molar-refractivity contribution is 6.31. The first-order chi connectivity index (χ1) is 11.6. The summed E-state index contributed by atoms with van der Waals surface area (Å²) in [5, 5.41) is 4.53. The zero-order valence-corrected chi connectivity index (χ0v) is 14.2. The van der Waals surface area contributed by atoms with Crippen LogP contribution in [0.4, 0.5) is 0 Å². The molecule has 1 unspecified atom stereocenters. The first-order valence-electron chi connectivity index (χ1n) is 7.55. The molecule has 1 amide bonds. The number of hydrogen-bond donors (Lipinski definition) is 0. The average Bonchev–Trinajstić information content (AvgIpc) is 2.96. The van der Waals surface area contributed by atoms with Gasteiger partial charge in [-0.3, -0.25) is 4.79 Å². The molecule has 1 aliphatic rings. The highest BCUT2D eigenvalue weighted by Gasteiger charge is 2.30. The summed E-state index contributed by atoms with van der Waals surface area (Å²) >= 11 is 6.20. The van der Waals surface area contributed by atoms with Crippen molar-refractivity contribution >= 4 is 17.5 Å². The van der Waals surface area contributed by atoms with Crippen molar-refractivity contribution in [2.45, 2.75) is 25.7 Å². The number of halogens is 1. The molecule has 1 atom stereocenters. The van der Waals surface area contributed by atoms with E-state index in [9.17, 15) is 4.79 Å². The molecule has 0 spiro atoms. The number of amides is 1. The van der Waals surface area contributed by atoms with Crippen LogP contribution < -0.4 is 0 Å². The molecule has 0 radical (unpaired) electrons. The van der Waals surface area contributed by atoms with Crippen LogP contribution in [-0.4, -0.2) is 47.3 Å². The minimum absolute atomic E-state index is 0.00559. The van der Waals surface area contributed by atoms with Crippen LogP contribution >= 0.6 is 11.6 Å². The lowest BCUT2D eigenvalue weighted by atomic mass is 10.1. The van der Waals surface area contributed by atoms with Gasteiger partial charge in [-0.05, 0) is 6.07 Å². The van der Waals surface area contributed by atoms with E-state index in [-0.39, 0.29) is 18.6 Å². The number of ether oxygens (including phenoxy) is 2. The van der Waals surface area contributed by atoms with Crippen LogP contribution in [0.25, 0.3) is 0 Å². The van der Waals surface area contributed by atoms with E-state index in [2.05, 4.69) is 10.1 Å². The van der Waals surface area contributed by atoms with Gasteiger partial charge in [0.2, 0.25) is 11.7 Å². The highest BCUT2D eigenvalue weighted by atomic mass is 35.5. The van der Waals surface area contributed by atoms with E-state index in [4.69, 9.17) is 25.6 Å². The van der Waals surface area contributed by atoms with Gasteiger partial charge >= 0.3 is 0 Å². The summed E-state index contributed by atoms with van der Waals surface area (Å²) < 4.78 is 16.3. The van der Waals surface area contributed by atoms with Gasteiger partial charge in [-0.1, -0.05) is 35.0 Å². The SMILES string of the molecule is COC(c1noc(COC2CN(C(C)=O)C2)n1)c1ccccc1Cl. The lowest BCUT2D eigenvalue weighted by Gasteiger charge is -2.37. The maximum Gasteiger partial charge on any atom is 0.252 e. The molecule has 1 saturated heterocycles. The van der Waals surface area contributed by atoms with Crippen LogP contribution in [0.2, 0.25) is 5.02 Å². The Balaban J connectivity index is 1.60. The van der Waals surface area contributed by atoms with Crippen molar-refractivity contribution < 1.29 is 18.8 Å². The number of carbonyl (C=O) groups is 1. The van der Waals surface area contributed by atoms with Crippen LogP contribution in [0.15, 0.2) is 28.8 Å². The quantitative estimate of drug-likeness (QED) is 0.794. The number of methoxy groups -OCH3 is 1. The Morgan fingerprint density at radius 2 is 2.21 bits per heavy atom. The van der Waals surface area contributed by atoms with E-state index < -0.39 is 6.10 Å². The number of benzene rings is 1. The largest absolute Gasteiger partial charge is 0.368 e. The maximum atomic E-state index is 11.1.